The average molecular weight is 366 g/mol. The molecule has 0 aliphatic rings. The molecule has 0 fully saturated rings. The SMILES string of the molecule is Nc1ccc(C#Cc2ccc(N)cc2S(=O)(=O)[O-])c(S(=O)(=O)[O-])c1. The first-order chi connectivity index (χ1) is 11.0. The van der Waals surface area contributed by atoms with Crippen LogP contribution in [0.15, 0.2) is 46.2 Å². The lowest BCUT2D eigenvalue weighted by atomic mass is 10.1. The van der Waals surface area contributed by atoms with E-state index in [9.17, 15) is 25.9 Å². The van der Waals surface area contributed by atoms with Crippen LogP contribution in [0.5, 0.6) is 0 Å². The lowest BCUT2D eigenvalue weighted by Gasteiger charge is -2.11. The monoisotopic (exact) mass is 366 g/mol. The number of nitrogens with two attached hydrogens (primary N) is 2. The number of rotatable bonds is 2. The third-order valence-electron chi connectivity index (χ3n) is 2.88. The number of benzene rings is 2. The normalized spacial score (nSPS) is 11.6. The van der Waals surface area contributed by atoms with Gasteiger partial charge in [-0.05, 0) is 36.4 Å². The van der Waals surface area contributed by atoms with Crippen molar-refractivity contribution < 1.29 is 25.9 Å². The van der Waals surface area contributed by atoms with Gasteiger partial charge in [-0.25, -0.2) is 16.8 Å². The average Bonchev–Trinajstić information content (AvgIpc) is 2.45. The van der Waals surface area contributed by atoms with Gasteiger partial charge in [0.1, 0.15) is 20.2 Å². The molecule has 0 spiro atoms. The summed E-state index contributed by atoms with van der Waals surface area (Å²) in [5.74, 6) is 4.73. The Morgan fingerprint density at radius 1 is 0.708 bits per heavy atom. The van der Waals surface area contributed by atoms with Crippen molar-refractivity contribution in [1.82, 2.24) is 0 Å². The predicted octanol–water partition coefficient (Wildman–Crippen LogP) is 0.0590. The Balaban J connectivity index is 2.65. The van der Waals surface area contributed by atoms with Gasteiger partial charge in [-0.2, -0.15) is 0 Å². The Morgan fingerprint density at radius 2 is 1.04 bits per heavy atom. The molecule has 0 unspecified atom stereocenters. The second-order valence-electron chi connectivity index (χ2n) is 4.67. The van der Waals surface area contributed by atoms with Crippen LogP contribution in [0.4, 0.5) is 11.4 Å². The summed E-state index contributed by atoms with van der Waals surface area (Å²) in [6.07, 6.45) is 0. The van der Waals surface area contributed by atoms with Gasteiger partial charge in [-0.3, -0.25) is 0 Å². The first kappa shape index (κ1) is 17.8. The highest BCUT2D eigenvalue weighted by Crippen LogP contribution is 2.20. The van der Waals surface area contributed by atoms with Gasteiger partial charge >= 0.3 is 0 Å². The van der Waals surface area contributed by atoms with Gasteiger partial charge in [0.05, 0.1) is 9.79 Å². The van der Waals surface area contributed by atoms with Crippen LogP contribution >= 0.6 is 0 Å². The van der Waals surface area contributed by atoms with Crippen molar-refractivity contribution >= 4 is 31.6 Å². The summed E-state index contributed by atoms with van der Waals surface area (Å²) in [5, 5.41) is 0. The third-order valence-corrected chi connectivity index (χ3v) is 4.63. The molecule has 0 aromatic heterocycles. The highest BCUT2D eigenvalue weighted by atomic mass is 32.2. The molecular weight excluding hydrogens is 356 g/mol. The van der Waals surface area contributed by atoms with Crippen LogP contribution in [0.1, 0.15) is 11.1 Å². The Hall–Kier alpha value is -2.58. The van der Waals surface area contributed by atoms with Crippen LogP contribution in [0.2, 0.25) is 0 Å². The van der Waals surface area contributed by atoms with E-state index in [4.69, 9.17) is 11.5 Å². The molecule has 0 aliphatic carbocycles. The van der Waals surface area contributed by atoms with Crippen LogP contribution in [0, 0.1) is 11.8 Å². The van der Waals surface area contributed by atoms with Crippen molar-refractivity contribution in [2.24, 2.45) is 0 Å². The lowest BCUT2D eigenvalue weighted by Crippen LogP contribution is -2.04. The fourth-order valence-electron chi connectivity index (χ4n) is 1.83. The van der Waals surface area contributed by atoms with Crippen molar-refractivity contribution in [2.45, 2.75) is 9.79 Å². The molecule has 0 aliphatic heterocycles. The van der Waals surface area contributed by atoms with Gasteiger partial charge in [-0.15, -0.1) is 0 Å². The molecule has 2 rings (SSSR count). The molecular formula is C14H10N2O6S2-2. The number of hydrogen-bond donors (Lipinski definition) is 2. The summed E-state index contributed by atoms with van der Waals surface area (Å²) >= 11 is 0. The minimum Gasteiger partial charge on any atom is -0.744 e. The van der Waals surface area contributed by atoms with E-state index in [2.05, 4.69) is 11.8 Å². The summed E-state index contributed by atoms with van der Waals surface area (Å²) < 4.78 is 67.5. The first-order valence-corrected chi connectivity index (χ1v) is 9.03. The van der Waals surface area contributed by atoms with Crippen LogP contribution in [-0.2, 0) is 20.2 Å². The van der Waals surface area contributed by atoms with E-state index in [1.54, 1.807) is 0 Å². The minimum absolute atomic E-state index is 0.0466. The molecule has 24 heavy (non-hydrogen) atoms. The van der Waals surface area contributed by atoms with Crippen molar-refractivity contribution in [3.63, 3.8) is 0 Å². The second-order valence-corrected chi connectivity index (χ2v) is 7.37. The van der Waals surface area contributed by atoms with Gasteiger partial charge in [0.15, 0.2) is 0 Å². The van der Waals surface area contributed by atoms with Crippen LogP contribution < -0.4 is 11.5 Å². The molecule has 4 N–H and O–H groups in total. The molecule has 0 atom stereocenters. The van der Waals surface area contributed by atoms with Gasteiger partial charge in [-0.1, -0.05) is 11.8 Å². The van der Waals surface area contributed by atoms with Gasteiger partial charge in [0.25, 0.3) is 0 Å². The zero-order valence-corrected chi connectivity index (χ0v) is 13.5. The maximum Gasteiger partial charge on any atom is 0.125 e. The smallest absolute Gasteiger partial charge is 0.125 e. The maximum atomic E-state index is 11.2. The molecule has 0 saturated heterocycles. The molecule has 126 valence electrons. The van der Waals surface area contributed by atoms with Gasteiger partial charge in [0, 0.05) is 22.5 Å². The molecule has 2 aromatic carbocycles. The van der Waals surface area contributed by atoms with E-state index in [1.165, 1.54) is 24.3 Å². The molecule has 0 bridgehead atoms. The van der Waals surface area contributed by atoms with E-state index in [0.29, 0.717) is 0 Å². The molecule has 0 amide bonds. The topological polar surface area (TPSA) is 166 Å². The summed E-state index contributed by atoms with van der Waals surface area (Å²) in [4.78, 5) is -1.28. The largest absolute Gasteiger partial charge is 0.744 e. The quantitative estimate of drug-likeness (QED) is 0.427. The number of nitrogen functional groups attached to an aromatic ring is 2. The van der Waals surface area contributed by atoms with Crippen LogP contribution in [-0.4, -0.2) is 25.9 Å². The predicted molar refractivity (Wildman–Crippen MR) is 83.6 cm³/mol. The maximum absolute atomic E-state index is 11.2. The summed E-state index contributed by atoms with van der Waals surface area (Å²) in [6.45, 7) is 0. The Bertz CT molecular complexity index is 994. The Kier molecular flexibility index (Phi) is 4.54. The molecule has 0 radical (unpaired) electrons. The third kappa shape index (κ3) is 4.03. The molecule has 0 heterocycles. The molecule has 8 nitrogen and oxygen atoms in total. The highest BCUT2D eigenvalue weighted by molar-refractivity contribution is 7.86. The minimum atomic E-state index is -4.84. The fourth-order valence-corrected chi connectivity index (χ4v) is 3.17. The van der Waals surface area contributed by atoms with Gasteiger partial charge in [0.2, 0.25) is 0 Å². The highest BCUT2D eigenvalue weighted by Gasteiger charge is 2.10. The standard InChI is InChI=1S/C14H12N2O6S2/c15-11-5-3-9(13(7-11)23(17,18)19)1-2-10-4-6-12(16)8-14(10)24(20,21)22/h3-8H,15-16H2,(H,17,18,19)(H,20,21,22)/p-2. The zero-order chi connectivity index (χ0) is 18.1. The van der Waals surface area contributed by atoms with E-state index in [0.717, 1.165) is 12.1 Å². The van der Waals surface area contributed by atoms with Gasteiger partial charge < -0.3 is 20.6 Å². The Morgan fingerprint density at radius 3 is 1.33 bits per heavy atom. The van der Waals surface area contributed by atoms with E-state index in [1.807, 2.05) is 0 Å². The van der Waals surface area contributed by atoms with Crippen molar-refractivity contribution in [1.29, 1.82) is 0 Å². The summed E-state index contributed by atoms with van der Waals surface area (Å²) in [7, 11) is -9.68. The van der Waals surface area contributed by atoms with Crippen molar-refractivity contribution in [2.75, 3.05) is 11.5 Å². The van der Waals surface area contributed by atoms with E-state index >= 15 is 0 Å². The van der Waals surface area contributed by atoms with E-state index in [-0.39, 0.29) is 22.5 Å². The summed E-state index contributed by atoms with van der Waals surface area (Å²) in [6, 6.07) is 6.95. The van der Waals surface area contributed by atoms with Crippen molar-refractivity contribution in [3.8, 4) is 11.8 Å². The van der Waals surface area contributed by atoms with Crippen LogP contribution in [0.25, 0.3) is 0 Å². The lowest BCUT2D eigenvalue weighted by molar-refractivity contribution is 0.460. The fraction of sp³-hybridized carbons (Fsp3) is 0. The Labute approximate surface area is 138 Å². The zero-order valence-electron chi connectivity index (χ0n) is 11.9. The molecule has 10 heteroatoms. The number of anilines is 2. The van der Waals surface area contributed by atoms with E-state index < -0.39 is 30.0 Å². The van der Waals surface area contributed by atoms with Crippen LogP contribution in [0.3, 0.4) is 0 Å². The second kappa shape index (κ2) is 6.14. The first-order valence-electron chi connectivity index (χ1n) is 6.21. The number of hydrogen-bond acceptors (Lipinski definition) is 8. The van der Waals surface area contributed by atoms with Crippen molar-refractivity contribution in [3.05, 3.63) is 47.5 Å². The molecule has 2 aromatic rings. The summed E-state index contributed by atoms with van der Waals surface area (Å²) in [5.41, 5.74) is 10.6. The molecule has 0 saturated carbocycles.